The van der Waals surface area contributed by atoms with E-state index in [0.29, 0.717) is 5.25 Å². The molecule has 1 heterocycles. The van der Waals surface area contributed by atoms with Crippen molar-refractivity contribution in [2.75, 3.05) is 0 Å². The molecule has 0 N–H and O–H groups in total. The van der Waals surface area contributed by atoms with Gasteiger partial charge in [-0.3, -0.25) is 0 Å². The van der Waals surface area contributed by atoms with Crippen molar-refractivity contribution >= 4 is 24.3 Å². The number of hydrogen-bond donors (Lipinski definition) is 1. The Labute approximate surface area is 89.2 Å². The van der Waals surface area contributed by atoms with Gasteiger partial charge < -0.3 is 4.42 Å². The molecule has 0 bridgehead atoms. The summed E-state index contributed by atoms with van der Waals surface area (Å²) >= 11 is 4.36. The highest BCUT2D eigenvalue weighted by Gasteiger charge is 2.08. The van der Waals surface area contributed by atoms with Crippen LogP contribution in [-0.4, -0.2) is 5.25 Å². The lowest BCUT2D eigenvalue weighted by molar-refractivity contribution is 0.544. The molecule has 0 radical (unpaired) electrons. The summed E-state index contributed by atoms with van der Waals surface area (Å²) in [5, 5.41) is 0.340. The van der Waals surface area contributed by atoms with Crippen molar-refractivity contribution in [3.8, 4) is 0 Å². The van der Waals surface area contributed by atoms with Crippen LogP contribution in [0.1, 0.15) is 17.9 Å². The molecule has 72 valence electrons. The van der Waals surface area contributed by atoms with Crippen LogP contribution in [-0.2, 0) is 0 Å². The summed E-state index contributed by atoms with van der Waals surface area (Å²) in [6.45, 7) is 3.66. The lowest BCUT2D eigenvalue weighted by Gasteiger charge is -2.08. The average Bonchev–Trinajstić information content (AvgIpc) is 2.67. The van der Waals surface area contributed by atoms with Crippen molar-refractivity contribution in [2.45, 2.75) is 11.7 Å². The van der Waals surface area contributed by atoms with E-state index in [2.05, 4.69) is 31.4 Å². The molecule has 0 fully saturated rings. The molecular weight excluding hydrogens is 192 g/mol. The first-order chi connectivity index (χ1) is 6.79. The van der Waals surface area contributed by atoms with Gasteiger partial charge in [0.15, 0.2) is 0 Å². The highest BCUT2D eigenvalue weighted by atomic mass is 32.1. The third-order valence-electron chi connectivity index (χ3n) is 2.19. The zero-order valence-corrected chi connectivity index (χ0v) is 8.71. The third kappa shape index (κ3) is 1.85. The van der Waals surface area contributed by atoms with Gasteiger partial charge in [0.2, 0.25) is 0 Å². The molecule has 1 aromatic heterocycles. The summed E-state index contributed by atoms with van der Waals surface area (Å²) < 4.78 is 5.54. The fraction of sp³-hybridized carbons (Fsp3) is 0.167. The van der Waals surface area contributed by atoms with E-state index in [9.17, 15) is 0 Å². The van der Waals surface area contributed by atoms with Gasteiger partial charge in [0.1, 0.15) is 11.5 Å². The maximum Gasteiger partial charge on any atom is 0.134 e. The van der Waals surface area contributed by atoms with Crippen LogP contribution in [0.4, 0.5) is 0 Å². The van der Waals surface area contributed by atoms with Crippen molar-refractivity contribution in [1.82, 2.24) is 0 Å². The van der Waals surface area contributed by atoms with Gasteiger partial charge in [-0.1, -0.05) is 24.8 Å². The summed E-state index contributed by atoms with van der Waals surface area (Å²) in [6.07, 6.45) is 8.93. The molecule has 1 nitrogen and oxygen atoms in total. The minimum atomic E-state index is 0.340. The van der Waals surface area contributed by atoms with Gasteiger partial charge in [0, 0.05) is 10.8 Å². The van der Waals surface area contributed by atoms with E-state index in [1.165, 1.54) is 0 Å². The van der Waals surface area contributed by atoms with Gasteiger partial charge in [-0.25, -0.2) is 0 Å². The SMILES string of the molecule is C=Cc1ccc(C2=CCC(S)C=C2)o1. The molecule has 0 amide bonds. The van der Waals surface area contributed by atoms with E-state index in [4.69, 9.17) is 4.42 Å². The van der Waals surface area contributed by atoms with Crippen LogP contribution >= 0.6 is 12.6 Å². The van der Waals surface area contributed by atoms with Gasteiger partial charge in [-0.2, -0.15) is 12.6 Å². The van der Waals surface area contributed by atoms with Crippen molar-refractivity contribution in [3.05, 3.63) is 48.5 Å². The second-order valence-electron chi connectivity index (χ2n) is 3.23. The normalized spacial score (nSPS) is 20.6. The summed E-state index contributed by atoms with van der Waals surface area (Å²) in [7, 11) is 0. The second-order valence-corrected chi connectivity index (χ2v) is 3.89. The van der Waals surface area contributed by atoms with E-state index in [0.717, 1.165) is 23.5 Å². The van der Waals surface area contributed by atoms with Crippen LogP contribution in [0.3, 0.4) is 0 Å². The fourth-order valence-electron chi connectivity index (χ4n) is 1.41. The molecule has 2 rings (SSSR count). The second kappa shape index (κ2) is 3.93. The number of thiol groups is 1. The molecule has 0 aliphatic heterocycles. The highest BCUT2D eigenvalue weighted by molar-refractivity contribution is 7.81. The largest absolute Gasteiger partial charge is 0.457 e. The standard InChI is InChI=1S/C12H12OS/c1-2-10-5-8-12(13-10)9-3-6-11(14)7-4-9/h2-6,8,11,14H,1,7H2. The molecule has 0 saturated heterocycles. The monoisotopic (exact) mass is 204 g/mol. The zero-order chi connectivity index (χ0) is 9.97. The lowest BCUT2D eigenvalue weighted by atomic mass is 10.1. The van der Waals surface area contributed by atoms with E-state index in [1.807, 2.05) is 18.2 Å². The minimum absolute atomic E-state index is 0.340. The van der Waals surface area contributed by atoms with Gasteiger partial charge in [0.25, 0.3) is 0 Å². The van der Waals surface area contributed by atoms with Gasteiger partial charge in [-0.05, 0) is 24.6 Å². The topological polar surface area (TPSA) is 13.1 Å². The first-order valence-corrected chi connectivity index (χ1v) is 5.10. The maximum absolute atomic E-state index is 5.54. The van der Waals surface area contributed by atoms with Crippen molar-refractivity contribution in [1.29, 1.82) is 0 Å². The van der Waals surface area contributed by atoms with E-state index in [-0.39, 0.29) is 0 Å². The number of hydrogen-bond acceptors (Lipinski definition) is 2. The zero-order valence-electron chi connectivity index (χ0n) is 7.81. The smallest absolute Gasteiger partial charge is 0.134 e. The van der Waals surface area contributed by atoms with Crippen molar-refractivity contribution in [2.24, 2.45) is 0 Å². The molecule has 14 heavy (non-hydrogen) atoms. The van der Waals surface area contributed by atoms with E-state index in [1.54, 1.807) is 6.08 Å². The van der Waals surface area contributed by atoms with E-state index < -0.39 is 0 Å². The number of furan rings is 1. The summed E-state index contributed by atoms with van der Waals surface area (Å²) in [6, 6.07) is 3.88. The molecule has 1 aliphatic carbocycles. The Morgan fingerprint density at radius 3 is 2.93 bits per heavy atom. The first-order valence-electron chi connectivity index (χ1n) is 4.58. The summed E-state index contributed by atoms with van der Waals surface area (Å²) in [4.78, 5) is 0. The Hall–Kier alpha value is -1.15. The molecule has 0 aromatic carbocycles. The maximum atomic E-state index is 5.54. The number of rotatable bonds is 2. The van der Waals surface area contributed by atoms with Crippen molar-refractivity contribution < 1.29 is 4.42 Å². The quantitative estimate of drug-likeness (QED) is 0.727. The Morgan fingerprint density at radius 1 is 1.50 bits per heavy atom. The first kappa shape index (κ1) is 9.41. The van der Waals surface area contributed by atoms with Crippen LogP contribution in [0.25, 0.3) is 11.6 Å². The minimum Gasteiger partial charge on any atom is -0.457 e. The Morgan fingerprint density at radius 2 is 2.36 bits per heavy atom. The van der Waals surface area contributed by atoms with Crippen molar-refractivity contribution in [3.63, 3.8) is 0 Å². The lowest BCUT2D eigenvalue weighted by Crippen LogP contribution is -1.96. The summed E-state index contributed by atoms with van der Waals surface area (Å²) in [5.74, 6) is 1.71. The number of allylic oxidation sites excluding steroid dienone is 3. The average molecular weight is 204 g/mol. The van der Waals surface area contributed by atoms with Gasteiger partial charge >= 0.3 is 0 Å². The Bertz CT molecular complexity index is 398. The molecule has 1 atom stereocenters. The van der Waals surface area contributed by atoms with Crippen LogP contribution in [0.2, 0.25) is 0 Å². The molecule has 2 heteroatoms. The fourth-order valence-corrected chi connectivity index (χ4v) is 1.60. The highest BCUT2D eigenvalue weighted by Crippen LogP contribution is 2.25. The van der Waals surface area contributed by atoms with Gasteiger partial charge in [0.05, 0.1) is 0 Å². The molecular formula is C12H12OS. The van der Waals surface area contributed by atoms with Crippen LogP contribution in [0.15, 0.2) is 41.4 Å². The van der Waals surface area contributed by atoms with Crippen LogP contribution in [0, 0.1) is 0 Å². The van der Waals surface area contributed by atoms with E-state index >= 15 is 0 Å². The molecule has 1 aliphatic rings. The predicted molar refractivity (Wildman–Crippen MR) is 63.3 cm³/mol. The Kier molecular flexibility index (Phi) is 2.64. The summed E-state index contributed by atoms with van der Waals surface area (Å²) in [5.41, 5.74) is 1.13. The molecule has 1 aromatic rings. The van der Waals surface area contributed by atoms with Crippen LogP contribution in [0.5, 0.6) is 0 Å². The molecule has 0 spiro atoms. The van der Waals surface area contributed by atoms with Crippen LogP contribution < -0.4 is 0 Å². The molecule has 0 saturated carbocycles. The van der Waals surface area contributed by atoms with Gasteiger partial charge in [-0.15, -0.1) is 0 Å². The Balaban J connectivity index is 2.24. The third-order valence-corrected chi connectivity index (χ3v) is 2.57. The predicted octanol–water partition coefficient (Wildman–Crippen LogP) is 3.56. The molecule has 1 unspecified atom stereocenters.